The smallest absolute Gasteiger partial charge is 0.301 e. The van der Waals surface area contributed by atoms with Crippen LogP contribution in [0.4, 0.5) is 8.78 Å². The number of ether oxygens (including phenoxy) is 5. The summed E-state index contributed by atoms with van der Waals surface area (Å²) in [6.45, 7) is 2.40. The molecule has 1 aliphatic heterocycles. The fourth-order valence-corrected chi connectivity index (χ4v) is 6.71. The monoisotopic (exact) mass is 742 g/mol. The fraction of sp³-hybridized carbons (Fsp3) is 0.286. The third-order valence-corrected chi connectivity index (χ3v) is 9.28. The lowest BCUT2D eigenvalue weighted by molar-refractivity contribution is -0.313. The van der Waals surface area contributed by atoms with Crippen molar-refractivity contribution in [2.45, 2.75) is 69.8 Å². The van der Waals surface area contributed by atoms with Crippen molar-refractivity contribution in [3.63, 3.8) is 0 Å². The molecule has 5 nitrogen and oxygen atoms in total. The van der Waals surface area contributed by atoms with E-state index < -0.39 is 36.4 Å². The second-order valence-electron chi connectivity index (χ2n) is 12.5. The van der Waals surface area contributed by atoms with Crippen LogP contribution in [0, 0.1) is 6.92 Å². The Hall–Kier alpha value is -3.76. The maximum absolute atomic E-state index is 17.1. The molecular weight excluding hydrogens is 702 g/mol. The Morgan fingerprint density at radius 2 is 1.02 bits per heavy atom. The van der Waals surface area contributed by atoms with E-state index in [0.29, 0.717) is 10.0 Å². The van der Waals surface area contributed by atoms with Gasteiger partial charge in [-0.15, -0.1) is 0 Å². The van der Waals surface area contributed by atoms with Crippen molar-refractivity contribution in [2.75, 3.05) is 6.61 Å². The van der Waals surface area contributed by atoms with Crippen LogP contribution in [0.5, 0.6) is 0 Å². The summed E-state index contributed by atoms with van der Waals surface area (Å²) in [4.78, 5) is 0. The molecule has 1 heterocycles. The Morgan fingerprint density at radius 3 is 1.50 bits per heavy atom. The predicted molar refractivity (Wildman–Crippen MR) is 193 cm³/mol. The number of hydrogen-bond donors (Lipinski definition) is 0. The molecule has 1 saturated heterocycles. The highest BCUT2D eigenvalue weighted by molar-refractivity contribution is 9.10. The van der Waals surface area contributed by atoms with Gasteiger partial charge in [0.2, 0.25) is 0 Å². The van der Waals surface area contributed by atoms with E-state index in [0.717, 1.165) is 22.3 Å². The van der Waals surface area contributed by atoms with Gasteiger partial charge in [-0.2, -0.15) is 8.78 Å². The number of benzene rings is 5. The zero-order valence-corrected chi connectivity index (χ0v) is 29.5. The third kappa shape index (κ3) is 9.31. The first-order valence-corrected chi connectivity index (χ1v) is 17.6. The van der Waals surface area contributed by atoms with Crippen molar-refractivity contribution < 1.29 is 32.5 Å². The number of aryl methyl sites for hydroxylation is 1. The maximum atomic E-state index is 17.1. The molecule has 0 amide bonds. The summed E-state index contributed by atoms with van der Waals surface area (Å²) >= 11 is 3.42. The van der Waals surface area contributed by atoms with Gasteiger partial charge in [0.25, 0.3) is 0 Å². The van der Waals surface area contributed by atoms with Crippen LogP contribution in [-0.4, -0.2) is 37.1 Å². The largest absolute Gasteiger partial charge is 0.374 e. The number of hydrogen-bond acceptors (Lipinski definition) is 5. The van der Waals surface area contributed by atoms with Gasteiger partial charge in [0.15, 0.2) is 6.10 Å². The molecule has 5 aromatic rings. The van der Waals surface area contributed by atoms with Gasteiger partial charge in [-0.05, 0) is 46.9 Å². The SMILES string of the molecule is Cc1cc(Br)ccc1C(F)(F)[C@H]1O[C@H](COCc2ccccc2)[C@@H](OCc2ccccc2)[C@H](OCc2ccccc2)[C@@H]1OCc1ccccc1. The first-order valence-electron chi connectivity index (χ1n) is 16.8. The van der Waals surface area contributed by atoms with E-state index in [4.69, 9.17) is 23.7 Å². The lowest BCUT2D eigenvalue weighted by Crippen LogP contribution is -2.64. The van der Waals surface area contributed by atoms with E-state index in [-0.39, 0.29) is 38.6 Å². The quantitative estimate of drug-likeness (QED) is 0.107. The Kier molecular flexibility index (Phi) is 12.6. The third-order valence-electron chi connectivity index (χ3n) is 8.79. The van der Waals surface area contributed by atoms with E-state index in [1.54, 1.807) is 19.1 Å². The Bertz CT molecular complexity index is 1740. The second-order valence-corrected chi connectivity index (χ2v) is 13.4. The van der Waals surface area contributed by atoms with Gasteiger partial charge < -0.3 is 23.7 Å². The molecule has 0 spiro atoms. The minimum Gasteiger partial charge on any atom is -0.374 e. The van der Waals surface area contributed by atoms with E-state index in [1.807, 2.05) is 121 Å². The van der Waals surface area contributed by atoms with Crippen LogP contribution in [0.2, 0.25) is 0 Å². The second kappa shape index (κ2) is 17.4. The summed E-state index contributed by atoms with van der Waals surface area (Å²) in [6.07, 6.45) is -5.62. The standard InChI is InChI=1S/C42H41BrF2O5/c1-30-24-35(43)22-23-36(30)42(44,45)41-40(49-28-34-20-12-5-13-21-34)39(48-27-33-18-10-4-11-19-33)38(47-26-32-16-8-3-9-17-32)37(50-41)29-46-25-31-14-6-2-7-15-31/h2-24,37-41H,25-29H2,1H3/t37-,38-,39+,40+,41+/m1/s1. The van der Waals surface area contributed by atoms with Crippen molar-refractivity contribution in [1.29, 1.82) is 0 Å². The summed E-state index contributed by atoms with van der Waals surface area (Å²) in [6, 6.07) is 43.3. The van der Waals surface area contributed by atoms with Crippen LogP contribution >= 0.6 is 15.9 Å². The van der Waals surface area contributed by atoms with Gasteiger partial charge in [0, 0.05) is 10.0 Å². The molecule has 260 valence electrons. The molecule has 0 saturated carbocycles. The molecule has 1 aliphatic rings. The average molecular weight is 744 g/mol. The van der Waals surface area contributed by atoms with Gasteiger partial charge in [-0.1, -0.05) is 143 Å². The average Bonchev–Trinajstić information content (AvgIpc) is 3.14. The summed E-state index contributed by atoms with van der Waals surface area (Å²) in [7, 11) is 0. The van der Waals surface area contributed by atoms with E-state index >= 15 is 8.78 Å². The first kappa shape index (κ1) is 36.0. The lowest BCUT2D eigenvalue weighted by Gasteiger charge is -2.48. The Labute approximate surface area is 301 Å². The number of alkyl halides is 2. The molecule has 0 bridgehead atoms. The molecule has 50 heavy (non-hydrogen) atoms. The molecule has 5 aromatic carbocycles. The van der Waals surface area contributed by atoms with E-state index in [9.17, 15) is 0 Å². The molecule has 0 aromatic heterocycles. The Balaban J connectivity index is 1.39. The molecule has 6 rings (SSSR count). The van der Waals surface area contributed by atoms with Crippen LogP contribution in [0.15, 0.2) is 144 Å². The Morgan fingerprint density at radius 1 is 0.580 bits per heavy atom. The van der Waals surface area contributed by atoms with Gasteiger partial charge in [-0.25, -0.2) is 0 Å². The summed E-state index contributed by atoms with van der Waals surface area (Å²) in [5.74, 6) is -3.47. The molecule has 0 N–H and O–H groups in total. The minimum absolute atomic E-state index is 0.00312. The highest BCUT2D eigenvalue weighted by Crippen LogP contribution is 2.44. The summed E-state index contributed by atoms with van der Waals surface area (Å²) < 4.78 is 67.4. The number of rotatable bonds is 15. The van der Waals surface area contributed by atoms with Crippen LogP contribution in [0.25, 0.3) is 0 Å². The van der Waals surface area contributed by atoms with Crippen molar-refractivity contribution in [3.8, 4) is 0 Å². The van der Waals surface area contributed by atoms with Crippen LogP contribution in [0.1, 0.15) is 33.4 Å². The van der Waals surface area contributed by atoms with Gasteiger partial charge in [0.1, 0.15) is 24.4 Å². The van der Waals surface area contributed by atoms with Gasteiger partial charge >= 0.3 is 5.92 Å². The predicted octanol–water partition coefficient (Wildman–Crippen LogP) is 9.59. The van der Waals surface area contributed by atoms with Crippen molar-refractivity contribution in [1.82, 2.24) is 0 Å². The normalized spacial score (nSPS) is 20.8. The molecule has 0 aliphatic carbocycles. The summed E-state index contributed by atoms with van der Waals surface area (Å²) in [5, 5.41) is 0. The van der Waals surface area contributed by atoms with Gasteiger partial charge in [-0.3, -0.25) is 0 Å². The topological polar surface area (TPSA) is 46.2 Å². The zero-order valence-electron chi connectivity index (χ0n) is 27.9. The highest BCUT2D eigenvalue weighted by Gasteiger charge is 2.58. The van der Waals surface area contributed by atoms with Crippen LogP contribution < -0.4 is 0 Å². The summed E-state index contributed by atoms with van der Waals surface area (Å²) in [5.41, 5.74) is 3.90. The van der Waals surface area contributed by atoms with Gasteiger partial charge in [0.05, 0.1) is 33.0 Å². The lowest BCUT2D eigenvalue weighted by atomic mass is 9.87. The van der Waals surface area contributed by atoms with Crippen molar-refractivity contribution >= 4 is 15.9 Å². The molecule has 0 unspecified atom stereocenters. The van der Waals surface area contributed by atoms with Crippen molar-refractivity contribution in [3.05, 3.63) is 177 Å². The van der Waals surface area contributed by atoms with E-state index in [2.05, 4.69) is 15.9 Å². The maximum Gasteiger partial charge on any atom is 0.301 e. The molecule has 1 fully saturated rings. The number of halogens is 3. The molecule has 8 heteroatoms. The van der Waals surface area contributed by atoms with Crippen molar-refractivity contribution in [2.24, 2.45) is 0 Å². The molecular formula is C42H41BrF2O5. The highest BCUT2D eigenvalue weighted by atomic mass is 79.9. The van der Waals surface area contributed by atoms with Crippen LogP contribution in [0.3, 0.4) is 0 Å². The van der Waals surface area contributed by atoms with Crippen LogP contribution in [-0.2, 0) is 56.0 Å². The first-order chi connectivity index (χ1) is 24.4. The fourth-order valence-electron chi connectivity index (χ4n) is 6.24. The molecule has 5 atom stereocenters. The molecule has 0 radical (unpaired) electrons. The van der Waals surface area contributed by atoms with E-state index in [1.165, 1.54) is 6.07 Å². The minimum atomic E-state index is -3.47. The zero-order chi connectivity index (χ0) is 34.8.